The summed E-state index contributed by atoms with van der Waals surface area (Å²) in [7, 11) is 0. The number of ether oxygens (including phenoxy) is 1. The van der Waals surface area contributed by atoms with Crippen LogP contribution in [-0.4, -0.2) is 37.2 Å². The van der Waals surface area contributed by atoms with Crippen LogP contribution in [0.2, 0.25) is 0 Å². The van der Waals surface area contributed by atoms with Gasteiger partial charge >= 0.3 is 0 Å². The number of para-hydroxylation sites is 1. The first-order valence-corrected chi connectivity index (χ1v) is 6.11. The monoisotopic (exact) mass is 238 g/mol. The van der Waals surface area contributed by atoms with Gasteiger partial charge < -0.3 is 10.5 Å². The van der Waals surface area contributed by atoms with Crippen molar-refractivity contribution in [2.24, 2.45) is 5.73 Å². The molecule has 0 saturated carbocycles. The zero-order chi connectivity index (χ0) is 12.1. The van der Waals surface area contributed by atoms with Crippen LogP contribution in [0.25, 0.3) is 0 Å². The first-order valence-electron chi connectivity index (χ1n) is 6.11. The van der Waals surface area contributed by atoms with Crippen molar-refractivity contribution in [3.8, 4) is 5.75 Å². The highest BCUT2D eigenvalue weighted by molar-refractivity contribution is 5.23. The van der Waals surface area contributed by atoms with Gasteiger partial charge in [0.1, 0.15) is 6.61 Å². The molecule has 0 spiro atoms. The number of hydrogen-bond donors (Lipinski definition) is 1. The highest BCUT2D eigenvalue weighted by Gasteiger charge is 2.16. The Labute approximate surface area is 101 Å². The average Bonchev–Trinajstić information content (AvgIpc) is 2.32. The van der Waals surface area contributed by atoms with Crippen molar-refractivity contribution in [1.82, 2.24) is 4.90 Å². The number of nitrogens with two attached hydrogens (primary N) is 1. The Morgan fingerprint density at radius 1 is 1.41 bits per heavy atom. The fourth-order valence-electron chi connectivity index (χ4n) is 2.14. The highest BCUT2D eigenvalue weighted by atomic mass is 19.1. The van der Waals surface area contributed by atoms with Crippen LogP contribution < -0.4 is 10.5 Å². The number of piperidine rings is 1. The van der Waals surface area contributed by atoms with Gasteiger partial charge in [-0.3, -0.25) is 4.90 Å². The normalized spacial score (nSPS) is 21.4. The first-order chi connectivity index (χ1) is 8.25. The van der Waals surface area contributed by atoms with Crippen LogP contribution in [0.1, 0.15) is 12.8 Å². The second-order valence-electron chi connectivity index (χ2n) is 4.48. The van der Waals surface area contributed by atoms with Crippen LogP contribution in [0.3, 0.4) is 0 Å². The van der Waals surface area contributed by atoms with Crippen LogP contribution >= 0.6 is 0 Å². The van der Waals surface area contributed by atoms with Crippen molar-refractivity contribution in [3.63, 3.8) is 0 Å². The summed E-state index contributed by atoms with van der Waals surface area (Å²) in [6.45, 7) is 3.30. The fourth-order valence-corrected chi connectivity index (χ4v) is 2.14. The summed E-state index contributed by atoms with van der Waals surface area (Å²) in [6.07, 6.45) is 2.24. The van der Waals surface area contributed by atoms with Crippen molar-refractivity contribution in [1.29, 1.82) is 0 Å². The molecule has 2 rings (SSSR count). The predicted octanol–water partition coefficient (Wildman–Crippen LogP) is 1.63. The van der Waals surface area contributed by atoms with E-state index in [0.717, 1.165) is 32.5 Å². The van der Waals surface area contributed by atoms with E-state index in [-0.39, 0.29) is 11.9 Å². The van der Waals surface area contributed by atoms with Crippen LogP contribution in [0.5, 0.6) is 5.75 Å². The second-order valence-corrected chi connectivity index (χ2v) is 4.48. The van der Waals surface area contributed by atoms with E-state index < -0.39 is 0 Å². The molecule has 17 heavy (non-hydrogen) atoms. The van der Waals surface area contributed by atoms with Crippen molar-refractivity contribution in [3.05, 3.63) is 30.1 Å². The SMILES string of the molecule is NC1CCCN(CCOc2ccccc2F)C1. The third-order valence-corrected chi connectivity index (χ3v) is 3.04. The number of benzene rings is 1. The van der Waals surface area contributed by atoms with Gasteiger partial charge in [-0.1, -0.05) is 12.1 Å². The van der Waals surface area contributed by atoms with Gasteiger partial charge in [0.2, 0.25) is 0 Å². The quantitative estimate of drug-likeness (QED) is 0.866. The van der Waals surface area contributed by atoms with E-state index in [1.54, 1.807) is 18.2 Å². The molecule has 1 fully saturated rings. The lowest BCUT2D eigenvalue weighted by molar-refractivity contribution is 0.169. The molecule has 1 unspecified atom stereocenters. The summed E-state index contributed by atoms with van der Waals surface area (Å²) in [5.74, 6) is 0.0247. The average molecular weight is 238 g/mol. The molecule has 2 N–H and O–H groups in total. The van der Waals surface area contributed by atoms with Crippen molar-refractivity contribution < 1.29 is 9.13 Å². The standard InChI is InChI=1S/C13H19FN2O/c14-12-5-1-2-6-13(12)17-9-8-16-7-3-4-11(15)10-16/h1-2,5-6,11H,3-4,7-10,15H2. The summed E-state index contributed by atoms with van der Waals surface area (Å²) in [6, 6.07) is 6.77. The van der Waals surface area contributed by atoms with Crippen LogP contribution in [0.4, 0.5) is 4.39 Å². The Balaban J connectivity index is 1.74. The van der Waals surface area contributed by atoms with Gasteiger partial charge in [-0.25, -0.2) is 4.39 Å². The molecule has 1 aromatic rings. The molecule has 1 aromatic carbocycles. The molecule has 0 radical (unpaired) electrons. The van der Waals surface area contributed by atoms with E-state index in [1.807, 2.05) is 0 Å². The Morgan fingerprint density at radius 2 is 2.24 bits per heavy atom. The first kappa shape index (κ1) is 12.3. The maximum absolute atomic E-state index is 13.3. The maximum atomic E-state index is 13.3. The second kappa shape index (κ2) is 5.98. The minimum absolute atomic E-state index is 0.275. The molecule has 0 aromatic heterocycles. The molecular formula is C13H19FN2O. The van der Waals surface area contributed by atoms with Gasteiger partial charge in [0.05, 0.1) is 0 Å². The van der Waals surface area contributed by atoms with Crippen molar-refractivity contribution in [2.75, 3.05) is 26.2 Å². The van der Waals surface area contributed by atoms with E-state index in [2.05, 4.69) is 4.90 Å². The topological polar surface area (TPSA) is 38.5 Å². The lowest BCUT2D eigenvalue weighted by Gasteiger charge is -2.30. The third kappa shape index (κ3) is 3.68. The minimum Gasteiger partial charge on any atom is -0.489 e. The van der Waals surface area contributed by atoms with Crippen LogP contribution in [0, 0.1) is 5.82 Å². The van der Waals surface area contributed by atoms with Gasteiger partial charge in [0, 0.05) is 19.1 Å². The number of hydrogen-bond acceptors (Lipinski definition) is 3. The van der Waals surface area contributed by atoms with Crippen LogP contribution in [0.15, 0.2) is 24.3 Å². The summed E-state index contributed by atoms with van der Waals surface area (Å²) >= 11 is 0. The van der Waals surface area contributed by atoms with Crippen molar-refractivity contribution in [2.45, 2.75) is 18.9 Å². The van der Waals surface area contributed by atoms with Crippen molar-refractivity contribution >= 4 is 0 Å². The molecule has 1 heterocycles. The number of rotatable bonds is 4. The molecule has 0 bridgehead atoms. The summed E-state index contributed by atoms with van der Waals surface area (Å²) in [5.41, 5.74) is 5.89. The van der Waals surface area contributed by atoms with E-state index in [0.29, 0.717) is 12.4 Å². The molecular weight excluding hydrogens is 219 g/mol. The molecule has 3 nitrogen and oxygen atoms in total. The van der Waals surface area contributed by atoms with E-state index in [1.165, 1.54) is 6.07 Å². The van der Waals surface area contributed by atoms with Gasteiger partial charge in [-0.05, 0) is 31.5 Å². The molecule has 1 aliphatic heterocycles. The summed E-state index contributed by atoms with van der Waals surface area (Å²) < 4.78 is 18.7. The molecule has 94 valence electrons. The number of nitrogens with zero attached hydrogens (tertiary/aromatic N) is 1. The molecule has 1 aliphatic rings. The smallest absolute Gasteiger partial charge is 0.165 e. The maximum Gasteiger partial charge on any atom is 0.165 e. The van der Waals surface area contributed by atoms with Gasteiger partial charge in [-0.2, -0.15) is 0 Å². The Hall–Kier alpha value is -1.13. The van der Waals surface area contributed by atoms with E-state index in [9.17, 15) is 4.39 Å². The minimum atomic E-state index is -0.303. The molecule has 1 saturated heterocycles. The zero-order valence-electron chi connectivity index (χ0n) is 9.94. The molecule has 0 amide bonds. The largest absolute Gasteiger partial charge is 0.489 e. The zero-order valence-corrected chi connectivity index (χ0v) is 9.94. The number of halogens is 1. The van der Waals surface area contributed by atoms with E-state index >= 15 is 0 Å². The Morgan fingerprint density at radius 3 is 3.00 bits per heavy atom. The fraction of sp³-hybridized carbons (Fsp3) is 0.538. The Kier molecular flexibility index (Phi) is 4.34. The summed E-state index contributed by atoms with van der Waals surface area (Å²) in [4.78, 5) is 2.27. The van der Waals surface area contributed by atoms with Gasteiger partial charge in [0.15, 0.2) is 11.6 Å². The lowest BCUT2D eigenvalue weighted by Crippen LogP contribution is -2.44. The lowest BCUT2D eigenvalue weighted by atomic mass is 10.1. The summed E-state index contributed by atoms with van der Waals surface area (Å²) in [5, 5.41) is 0. The Bertz CT molecular complexity index is 359. The predicted molar refractivity (Wildman–Crippen MR) is 65.5 cm³/mol. The van der Waals surface area contributed by atoms with E-state index in [4.69, 9.17) is 10.5 Å². The van der Waals surface area contributed by atoms with Gasteiger partial charge in [0.25, 0.3) is 0 Å². The molecule has 0 aliphatic carbocycles. The van der Waals surface area contributed by atoms with Crippen LogP contribution in [-0.2, 0) is 0 Å². The third-order valence-electron chi connectivity index (χ3n) is 3.04. The molecule has 4 heteroatoms. The number of likely N-dealkylation sites (tertiary alicyclic amines) is 1. The highest BCUT2D eigenvalue weighted by Crippen LogP contribution is 2.15. The van der Waals surface area contributed by atoms with Gasteiger partial charge in [-0.15, -0.1) is 0 Å². The molecule has 1 atom stereocenters.